The second-order valence-electron chi connectivity index (χ2n) is 9.36. The summed E-state index contributed by atoms with van der Waals surface area (Å²) in [7, 11) is 3.05. The van der Waals surface area contributed by atoms with Crippen LogP contribution in [0.2, 0.25) is 6.55 Å². The van der Waals surface area contributed by atoms with E-state index in [4.69, 9.17) is 39.8 Å². The van der Waals surface area contributed by atoms with Gasteiger partial charge in [-0.05, 0) is 15.6 Å². The first kappa shape index (κ1) is 33.7. The summed E-state index contributed by atoms with van der Waals surface area (Å²) in [6, 6.07) is 25.2. The predicted molar refractivity (Wildman–Crippen MR) is 169 cm³/mol. The molecule has 0 heterocycles. The van der Waals surface area contributed by atoms with Gasteiger partial charge in [0, 0.05) is 79.5 Å². The highest BCUT2D eigenvalue weighted by Gasteiger charge is 2.44. The van der Waals surface area contributed by atoms with Gasteiger partial charge in [-0.25, -0.2) is 0 Å². The van der Waals surface area contributed by atoms with E-state index < -0.39 is 34.5 Å². The zero-order chi connectivity index (χ0) is 30.3. The fourth-order valence-corrected chi connectivity index (χ4v) is 14.2. The fourth-order valence-electron chi connectivity index (χ4n) is 5.33. The van der Waals surface area contributed by atoms with Gasteiger partial charge in [-0.1, -0.05) is 79.3 Å². The molecule has 3 aromatic carbocycles. The molecule has 0 unspecified atom stereocenters. The Balaban J connectivity index is 2.20. The highest BCUT2D eigenvalue weighted by Crippen LogP contribution is 2.13. The lowest BCUT2D eigenvalue weighted by Crippen LogP contribution is -2.66. The Morgan fingerprint density at radius 3 is 0.585 bits per heavy atom. The maximum absolute atomic E-state index is 5.71. The molecule has 3 aromatic rings. The van der Waals surface area contributed by atoms with Gasteiger partial charge in [0.1, 0.15) is 8.07 Å². The van der Waals surface area contributed by atoms with E-state index in [-0.39, 0.29) is 0 Å². The highest BCUT2D eigenvalue weighted by atomic mass is 28.4. The van der Waals surface area contributed by atoms with Crippen molar-refractivity contribution in [1.82, 2.24) is 0 Å². The second kappa shape index (κ2) is 14.1. The van der Waals surface area contributed by atoms with E-state index >= 15 is 0 Å². The third-order valence-corrected chi connectivity index (χ3v) is 20.3. The molecular formula is C28H42O9Si4. The minimum absolute atomic E-state index is 0.892. The Morgan fingerprint density at radius 1 is 0.293 bits per heavy atom. The fraction of sp³-hybridized carbons (Fsp3) is 0.357. The summed E-state index contributed by atoms with van der Waals surface area (Å²) >= 11 is 0. The van der Waals surface area contributed by atoms with Crippen LogP contribution in [0, 0.1) is 0 Å². The summed E-state index contributed by atoms with van der Waals surface area (Å²) in [5.74, 6) is 0. The first-order chi connectivity index (χ1) is 19.7. The summed E-state index contributed by atoms with van der Waals surface area (Å²) in [5, 5.41) is 6.29. The molecule has 0 aliphatic carbocycles. The summed E-state index contributed by atoms with van der Waals surface area (Å²) in [6.45, 7) is 2.33. The first-order valence-corrected chi connectivity index (χ1v) is 20.6. The van der Waals surface area contributed by atoms with Crippen molar-refractivity contribution in [3.05, 3.63) is 72.8 Å². The van der Waals surface area contributed by atoms with Crippen molar-refractivity contribution in [2.45, 2.75) is 6.55 Å². The van der Waals surface area contributed by atoms with Gasteiger partial charge in [-0.15, -0.1) is 0 Å². The van der Waals surface area contributed by atoms with Crippen LogP contribution in [0.5, 0.6) is 0 Å². The van der Waals surface area contributed by atoms with Crippen LogP contribution in [0.4, 0.5) is 0 Å². The lowest BCUT2D eigenvalue weighted by Gasteiger charge is -2.32. The highest BCUT2D eigenvalue weighted by molar-refractivity contribution is 7.10. The Bertz CT molecular complexity index is 1050. The van der Waals surface area contributed by atoms with E-state index in [9.17, 15) is 0 Å². The summed E-state index contributed by atoms with van der Waals surface area (Å²) in [5.41, 5.74) is 0. The zero-order valence-corrected chi connectivity index (χ0v) is 29.6. The van der Waals surface area contributed by atoms with Crippen LogP contribution in [0.25, 0.3) is 0 Å². The van der Waals surface area contributed by atoms with Crippen LogP contribution in [-0.2, 0) is 39.8 Å². The molecule has 0 aliphatic heterocycles. The number of hydrogen-bond donors (Lipinski definition) is 0. The molecule has 0 fully saturated rings. The van der Waals surface area contributed by atoms with Gasteiger partial charge in [0.2, 0.25) is 0 Å². The van der Waals surface area contributed by atoms with E-state index in [0.29, 0.717) is 0 Å². The molecule has 3 rings (SSSR count). The molecular weight excluding hydrogens is 593 g/mol. The van der Waals surface area contributed by atoms with Crippen LogP contribution < -0.4 is 31.1 Å². The normalized spacial score (nSPS) is 13.0. The van der Waals surface area contributed by atoms with E-state index in [0.717, 1.165) is 15.6 Å². The largest absolute Gasteiger partial charge is 0.536 e. The standard InChI is InChI=1S/C28H42O9Si4/c1-29-39(30-2,31-3)26-17-11-23(12-18-26)38(10,24-13-19-27(20-14-24)40(32-4,33-5)34-6)25-15-21-28(22-16-25)41(35-7,36-8)37-9/h11-22H,1-10H3. The Labute approximate surface area is 248 Å². The lowest BCUT2D eigenvalue weighted by molar-refractivity contribution is 0.140. The van der Waals surface area contributed by atoms with Crippen molar-refractivity contribution >= 4 is 65.6 Å². The topological polar surface area (TPSA) is 83.1 Å². The molecule has 0 aromatic heterocycles. The molecule has 0 bridgehead atoms. The molecule has 0 radical (unpaired) electrons. The number of hydrogen-bond acceptors (Lipinski definition) is 9. The predicted octanol–water partition coefficient (Wildman–Crippen LogP) is 0.0419. The molecule has 0 aliphatic rings. The number of benzene rings is 3. The molecule has 0 atom stereocenters. The number of rotatable bonds is 15. The third kappa shape index (κ3) is 6.01. The maximum Gasteiger partial charge on any atom is 0.536 e. The zero-order valence-electron chi connectivity index (χ0n) is 25.6. The SMILES string of the molecule is CO[Si](OC)(OC)c1ccc([Si](C)(c2ccc([Si](OC)(OC)OC)cc2)c2ccc([Si](OC)(OC)OC)cc2)cc1. The smallest absolute Gasteiger partial charge is 0.373 e. The molecule has 0 amide bonds. The van der Waals surface area contributed by atoms with E-state index in [1.165, 1.54) is 15.6 Å². The van der Waals surface area contributed by atoms with Gasteiger partial charge in [0.05, 0.1) is 0 Å². The van der Waals surface area contributed by atoms with Crippen molar-refractivity contribution in [3.8, 4) is 0 Å². The van der Waals surface area contributed by atoms with Gasteiger partial charge in [0.25, 0.3) is 0 Å². The van der Waals surface area contributed by atoms with Crippen molar-refractivity contribution in [3.63, 3.8) is 0 Å². The van der Waals surface area contributed by atoms with E-state index in [1.807, 2.05) is 36.4 Å². The molecule has 41 heavy (non-hydrogen) atoms. The molecule has 0 saturated heterocycles. The second-order valence-corrected chi connectivity index (χ2v) is 22.1. The van der Waals surface area contributed by atoms with Crippen LogP contribution in [-0.4, -0.2) is 98.5 Å². The van der Waals surface area contributed by atoms with Crippen LogP contribution in [0.3, 0.4) is 0 Å². The van der Waals surface area contributed by atoms with Gasteiger partial charge < -0.3 is 39.8 Å². The van der Waals surface area contributed by atoms with Gasteiger partial charge in [0.15, 0.2) is 0 Å². The lowest BCUT2D eigenvalue weighted by atomic mass is 10.3. The Hall–Kier alpha value is -1.83. The molecule has 0 saturated carbocycles. The molecule has 224 valence electrons. The van der Waals surface area contributed by atoms with Gasteiger partial charge in [-0.3, -0.25) is 0 Å². The minimum atomic E-state index is -2.98. The quantitative estimate of drug-likeness (QED) is 0.170. The van der Waals surface area contributed by atoms with Gasteiger partial charge in [-0.2, -0.15) is 0 Å². The Morgan fingerprint density at radius 2 is 0.439 bits per heavy atom. The summed E-state index contributed by atoms with van der Waals surface area (Å²) < 4.78 is 51.4. The first-order valence-electron chi connectivity index (χ1n) is 13.0. The van der Waals surface area contributed by atoms with Crippen LogP contribution >= 0.6 is 0 Å². The van der Waals surface area contributed by atoms with Crippen LogP contribution in [0.1, 0.15) is 0 Å². The molecule has 0 N–H and O–H groups in total. The molecule has 0 spiro atoms. The van der Waals surface area contributed by atoms with Crippen molar-refractivity contribution in [2.75, 3.05) is 64.0 Å². The minimum Gasteiger partial charge on any atom is -0.373 e. The monoisotopic (exact) mass is 634 g/mol. The third-order valence-electron chi connectivity index (χ3n) is 7.87. The van der Waals surface area contributed by atoms with Crippen molar-refractivity contribution in [2.24, 2.45) is 0 Å². The van der Waals surface area contributed by atoms with Crippen molar-refractivity contribution < 1.29 is 39.8 Å². The summed E-state index contributed by atoms with van der Waals surface area (Å²) in [6.07, 6.45) is 0. The maximum atomic E-state index is 5.71. The van der Waals surface area contributed by atoms with E-state index in [1.54, 1.807) is 64.0 Å². The molecule has 13 heteroatoms. The van der Waals surface area contributed by atoms with Gasteiger partial charge >= 0.3 is 26.4 Å². The average molecular weight is 635 g/mol. The Kier molecular flexibility index (Phi) is 11.6. The molecule has 9 nitrogen and oxygen atoms in total. The van der Waals surface area contributed by atoms with Crippen LogP contribution in [0.15, 0.2) is 72.8 Å². The van der Waals surface area contributed by atoms with E-state index in [2.05, 4.69) is 42.9 Å². The average Bonchev–Trinajstić information content (AvgIpc) is 3.05. The van der Waals surface area contributed by atoms with Crippen molar-refractivity contribution in [1.29, 1.82) is 0 Å². The summed E-state index contributed by atoms with van der Waals surface area (Å²) in [4.78, 5) is 0.